The molecule has 1 N–H and O–H groups in total. The van der Waals surface area contributed by atoms with Crippen LogP contribution in [-0.2, 0) is 9.53 Å². The lowest BCUT2D eigenvalue weighted by Crippen LogP contribution is -2.39. The average molecular weight is 251 g/mol. The van der Waals surface area contributed by atoms with E-state index in [1.165, 1.54) is 0 Å². The fourth-order valence-corrected chi connectivity index (χ4v) is 1.01. The molecule has 0 saturated carbocycles. The number of nitrogens with one attached hydrogen (secondary N) is 1. The highest BCUT2D eigenvalue weighted by molar-refractivity contribution is 6.19. The number of hydrogen-bond acceptors (Lipinski definition) is 3. The first kappa shape index (κ1) is 15.7. The molecule has 0 aliphatic carbocycles. The third-order valence-electron chi connectivity index (χ3n) is 2.16. The predicted octanol–water partition coefficient (Wildman–Crippen LogP) is 0.946. The Hall–Kier alpha value is -0.320. The zero-order valence-corrected chi connectivity index (χ0v) is 11.4. The number of rotatable bonds is 8. The molecular formula is C11H23ClN2O2. The van der Waals surface area contributed by atoms with Crippen LogP contribution in [-0.4, -0.2) is 57.1 Å². The maximum Gasteiger partial charge on any atom is 0.226 e. The number of likely N-dealkylation sites (N-methyl/N-ethyl adjacent to an activating group) is 1. The number of carbonyl (C=O) groups excluding carboxylic acids is 1. The highest BCUT2D eigenvalue weighted by atomic mass is 35.5. The molecule has 0 fully saturated rings. The molecule has 0 aliphatic rings. The Balaban J connectivity index is 3.49. The van der Waals surface area contributed by atoms with Gasteiger partial charge in [0.2, 0.25) is 5.91 Å². The van der Waals surface area contributed by atoms with Crippen LogP contribution in [0.2, 0.25) is 0 Å². The van der Waals surface area contributed by atoms with Crippen molar-refractivity contribution in [1.82, 2.24) is 10.2 Å². The minimum atomic E-state index is -0.509. The van der Waals surface area contributed by atoms with Gasteiger partial charge in [-0.25, -0.2) is 0 Å². The van der Waals surface area contributed by atoms with Crippen LogP contribution in [0.1, 0.15) is 13.8 Å². The van der Waals surface area contributed by atoms with Crippen LogP contribution in [0.3, 0.4) is 0 Å². The van der Waals surface area contributed by atoms with E-state index in [-0.39, 0.29) is 5.91 Å². The van der Waals surface area contributed by atoms with Gasteiger partial charge in [-0.15, -0.1) is 11.6 Å². The standard InChI is InChI=1S/C11H23ClN2O2/c1-11(2,9-12)10(15)13-5-7-16-8-6-14(3)4/h5-9H2,1-4H3,(H,13,15). The molecule has 16 heavy (non-hydrogen) atoms. The fraction of sp³-hybridized carbons (Fsp3) is 0.909. The van der Waals surface area contributed by atoms with Gasteiger partial charge in [0.15, 0.2) is 0 Å². The molecular weight excluding hydrogens is 228 g/mol. The quantitative estimate of drug-likeness (QED) is 0.515. The second-order valence-electron chi connectivity index (χ2n) is 4.69. The molecule has 0 aromatic rings. The minimum Gasteiger partial charge on any atom is -0.378 e. The van der Waals surface area contributed by atoms with Crippen LogP contribution < -0.4 is 5.32 Å². The van der Waals surface area contributed by atoms with Crippen LogP contribution in [0.4, 0.5) is 0 Å². The summed E-state index contributed by atoms with van der Waals surface area (Å²) < 4.78 is 5.35. The van der Waals surface area contributed by atoms with Crippen molar-refractivity contribution in [2.24, 2.45) is 5.41 Å². The van der Waals surface area contributed by atoms with Crippen LogP contribution in [0.15, 0.2) is 0 Å². The van der Waals surface area contributed by atoms with E-state index in [0.29, 0.717) is 25.6 Å². The third kappa shape index (κ3) is 7.04. The zero-order chi connectivity index (χ0) is 12.6. The van der Waals surface area contributed by atoms with Crippen LogP contribution in [0.5, 0.6) is 0 Å². The van der Waals surface area contributed by atoms with Crippen LogP contribution >= 0.6 is 11.6 Å². The zero-order valence-electron chi connectivity index (χ0n) is 10.7. The number of nitrogens with zero attached hydrogens (tertiary/aromatic N) is 1. The molecule has 0 bridgehead atoms. The normalized spacial score (nSPS) is 11.9. The summed E-state index contributed by atoms with van der Waals surface area (Å²) in [5.74, 6) is 0.291. The number of alkyl halides is 1. The van der Waals surface area contributed by atoms with Crippen molar-refractivity contribution in [1.29, 1.82) is 0 Å². The highest BCUT2D eigenvalue weighted by Crippen LogP contribution is 2.16. The largest absolute Gasteiger partial charge is 0.378 e. The van der Waals surface area contributed by atoms with Gasteiger partial charge in [-0.2, -0.15) is 0 Å². The molecule has 5 heteroatoms. The van der Waals surface area contributed by atoms with Gasteiger partial charge in [0.05, 0.1) is 18.6 Å². The summed E-state index contributed by atoms with van der Waals surface area (Å²) in [7, 11) is 3.99. The summed E-state index contributed by atoms with van der Waals surface area (Å²) in [4.78, 5) is 13.6. The van der Waals surface area contributed by atoms with Gasteiger partial charge in [0, 0.05) is 19.0 Å². The summed E-state index contributed by atoms with van der Waals surface area (Å²) in [6, 6.07) is 0. The molecule has 0 saturated heterocycles. The molecule has 0 unspecified atom stereocenters. The molecule has 0 heterocycles. The van der Waals surface area contributed by atoms with Crippen molar-refractivity contribution in [3.63, 3.8) is 0 Å². The van der Waals surface area contributed by atoms with E-state index >= 15 is 0 Å². The summed E-state index contributed by atoms with van der Waals surface area (Å²) in [6.45, 7) is 6.29. The Bertz CT molecular complexity index is 208. The summed E-state index contributed by atoms with van der Waals surface area (Å²) in [5.41, 5.74) is -0.509. The molecule has 0 atom stereocenters. The van der Waals surface area contributed by atoms with Crippen molar-refractivity contribution in [3.05, 3.63) is 0 Å². The first-order chi connectivity index (χ1) is 7.40. The molecule has 4 nitrogen and oxygen atoms in total. The van der Waals surface area contributed by atoms with Gasteiger partial charge < -0.3 is 15.0 Å². The minimum absolute atomic E-state index is 0.0290. The van der Waals surface area contributed by atoms with E-state index in [2.05, 4.69) is 10.2 Å². The van der Waals surface area contributed by atoms with Crippen molar-refractivity contribution in [2.45, 2.75) is 13.8 Å². The summed E-state index contributed by atoms with van der Waals surface area (Å²) in [6.07, 6.45) is 0. The number of hydrogen-bond donors (Lipinski definition) is 1. The Morgan fingerprint density at radius 2 is 2.00 bits per heavy atom. The van der Waals surface area contributed by atoms with Gasteiger partial charge in [-0.1, -0.05) is 0 Å². The maximum atomic E-state index is 11.6. The number of ether oxygens (including phenoxy) is 1. The molecule has 1 amide bonds. The molecule has 0 rings (SSSR count). The Morgan fingerprint density at radius 1 is 1.38 bits per heavy atom. The van der Waals surface area contributed by atoms with E-state index in [0.717, 1.165) is 6.54 Å². The SMILES string of the molecule is CN(C)CCOCCNC(=O)C(C)(C)CCl. The predicted molar refractivity (Wildman–Crippen MR) is 66.9 cm³/mol. The first-order valence-electron chi connectivity index (χ1n) is 5.47. The molecule has 0 aromatic heterocycles. The van der Waals surface area contributed by atoms with Crippen molar-refractivity contribution in [3.8, 4) is 0 Å². The average Bonchev–Trinajstić information content (AvgIpc) is 2.22. The number of carbonyl (C=O) groups is 1. The molecule has 0 aliphatic heterocycles. The monoisotopic (exact) mass is 250 g/mol. The third-order valence-corrected chi connectivity index (χ3v) is 2.83. The van der Waals surface area contributed by atoms with Crippen molar-refractivity contribution < 1.29 is 9.53 Å². The van der Waals surface area contributed by atoms with Gasteiger partial charge >= 0.3 is 0 Å². The second-order valence-corrected chi connectivity index (χ2v) is 4.96. The van der Waals surface area contributed by atoms with Gasteiger partial charge in [-0.3, -0.25) is 4.79 Å². The van der Waals surface area contributed by atoms with Gasteiger partial charge in [-0.05, 0) is 27.9 Å². The maximum absolute atomic E-state index is 11.6. The Kier molecular flexibility index (Phi) is 7.72. The van der Waals surface area contributed by atoms with Gasteiger partial charge in [0.25, 0.3) is 0 Å². The highest BCUT2D eigenvalue weighted by Gasteiger charge is 2.25. The number of amides is 1. The molecule has 0 aromatic carbocycles. The van der Waals surface area contributed by atoms with E-state index in [9.17, 15) is 4.79 Å². The fourth-order valence-electron chi connectivity index (χ4n) is 0.886. The lowest BCUT2D eigenvalue weighted by Gasteiger charge is -2.20. The van der Waals surface area contributed by atoms with E-state index in [1.807, 2.05) is 27.9 Å². The van der Waals surface area contributed by atoms with Crippen LogP contribution in [0, 0.1) is 5.41 Å². The summed E-state index contributed by atoms with van der Waals surface area (Å²) >= 11 is 5.69. The first-order valence-corrected chi connectivity index (χ1v) is 6.00. The van der Waals surface area contributed by atoms with E-state index < -0.39 is 5.41 Å². The smallest absolute Gasteiger partial charge is 0.226 e. The van der Waals surface area contributed by atoms with Gasteiger partial charge in [0.1, 0.15) is 0 Å². The molecule has 0 spiro atoms. The topological polar surface area (TPSA) is 41.6 Å². The molecule has 0 radical (unpaired) electrons. The van der Waals surface area contributed by atoms with E-state index in [4.69, 9.17) is 16.3 Å². The Morgan fingerprint density at radius 3 is 2.50 bits per heavy atom. The van der Waals surface area contributed by atoms with Crippen molar-refractivity contribution in [2.75, 3.05) is 46.3 Å². The second kappa shape index (κ2) is 7.87. The molecule has 96 valence electrons. The van der Waals surface area contributed by atoms with Crippen molar-refractivity contribution >= 4 is 17.5 Å². The lowest BCUT2D eigenvalue weighted by molar-refractivity contribution is -0.128. The Labute approximate surface area is 103 Å². The lowest BCUT2D eigenvalue weighted by atomic mass is 9.95. The van der Waals surface area contributed by atoms with E-state index in [1.54, 1.807) is 0 Å². The number of halogens is 1. The summed E-state index contributed by atoms with van der Waals surface area (Å²) in [5, 5.41) is 2.80. The van der Waals surface area contributed by atoms with Crippen LogP contribution in [0.25, 0.3) is 0 Å².